The number of nitrogens with zero attached hydrogens (tertiary/aromatic N) is 1. The van der Waals surface area contributed by atoms with E-state index >= 15 is 0 Å². The van der Waals surface area contributed by atoms with Crippen LogP contribution in [0.1, 0.15) is 5.56 Å². The van der Waals surface area contributed by atoms with Gasteiger partial charge in [0.1, 0.15) is 11.4 Å². The van der Waals surface area contributed by atoms with Crippen LogP contribution in [0.25, 0.3) is 6.08 Å². The van der Waals surface area contributed by atoms with Crippen LogP contribution in [0.15, 0.2) is 54.2 Å². The number of nitrogens with one attached hydrogen (secondary N) is 2. The summed E-state index contributed by atoms with van der Waals surface area (Å²) in [6.07, 6.45) is -8.64. The molecule has 0 spiro atoms. The van der Waals surface area contributed by atoms with Crippen molar-refractivity contribution in [3.05, 3.63) is 59.8 Å². The molecule has 0 bridgehead atoms. The van der Waals surface area contributed by atoms with E-state index in [0.717, 1.165) is 17.0 Å². The molecule has 1 saturated heterocycles. The zero-order chi connectivity index (χ0) is 23.7. The van der Waals surface area contributed by atoms with Gasteiger partial charge in [0.15, 0.2) is 5.11 Å². The second kappa shape index (κ2) is 8.49. The number of carbonyl (C=O) groups is 2. The number of hydrogen-bond donors (Lipinski definition) is 2. The molecule has 0 radical (unpaired) electrons. The van der Waals surface area contributed by atoms with E-state index in [-0.39, 0.29) is 27.7 Å². The molecule has 1 heterocycles. The molecule has 2 N–H and O–H groups in total. The topological polar surface area (TPSA) is 70.7 Å². The summed E-state index contributed by atoms with van der Waals surface area (Å²) in [5.74, 6) is -3.29. The molecule has 1 aliphatic heterocycles. The SMILES string of the molecule is O=C1/C(=C\c2cccc(NC(=O)C(F)(F)F)c2)NC(=S)N1c1ccc(OC(F)(F)F)cc1. The van der Waals surface area contributed by atoms with Crippen molar-refractivity contribution in [3.8, 4) is 5.75 Å². The summed E-state index contributed by atoms with van der Waals surface area (Å²) >= 11 is 5.10. The highest BCUT2D eigenvalue weighted by Gasteiger charge is 2.38. The maximum atomic E-state index is 12.7. The molecule has 13 heteroatoms. The molecular formula is C19H11F6N3O3S. The highest BCUT2D eigenvalue weighted by molar-refractivity contribution is 7.80. The van der Waals surface area contributed by atoms with Crippen molar-refractivity contribution in [1.29, 1.82) is 0 Å². The number of alkyl halides is 6. The third kappa shape index (κ3) is 5.55. The number of halogens is 6. The van der Waals surface area contributed by atoms with E-state index in [9.17, 15) is 35.9 Å². The summed E-state index contributed by atoms with van der Waals surface area (Å²) in [5.41, 5.74) is 0.257. The number of hydrogen-bond acceptors (Lipinski definition) is 4. The van der Waals surface area contributed by atoms with Crippen LogP contribution in [0, 0.1) is 0 Å². The normalized spacial score (nSPS) is 15.7. The predicted octanol–water partition coefficient (Wildman–Crippen LogP) is 4.35. The monoisotopic (exact) mass is 475 g/mol. The van der Waals surface area contributed by atoms with Gasteiger partial charge >= 0.3 is 18.4 Å². The molecule has 0 aromatic heterocycles. The van der Waals surface area contributed by atoms with Gasteiger partial charge in [-0.2, -0.15) is 13.2 Å². The summed E-state index contributed by atoms with van der Waals surface area (Å²) in [5, 5.41) is 4.26. The summed E-state index contributed by atoms with van der Waals surface area (Å²) in [6.45, 7) is 0. The van der Waals surface area contributed by atoms with Crippen LogP contribution in [-0.4, -0.2) is 29.5 Å². The molecule has 2 aromatic carbocycles. The Morgan fingerprint density at radius 1 is 1.06 bits per heavy atom. The second-order valence-electron chi connectivity index (χ2n) is 6.25. The minimum Gasteiger partial charge on any atom is -0.406 e. The first-order chi connectivity index (χ1) is 14.8. The zero-order valence-electron chi connectivity index (χ0n) is 15.5. The molecule has 0 atom stereocenters. The molecule has 2 amide bonds. The Hall–Kier alpha value is -3.61. The molecule has 1 fully saturated rings. The van der Waals surface area contributed by atoms with Crippen LogP contribution in [-0.2, 0) is 9.59 Å². The van der Waals surface area contributed by atoms with Gasteiger partial charge in [0.2, 0.25) is 0 Å². The molecule has 0 saturated carbocycles. The van der Waals surface area contributed by atoms with Crippen molar-refractivity contribution >= 4 is 46.6 Å². The molecule has 168 valence electrons. The Bertz CT molecular complexity index is 1100. The molecular weight excluding hydrogens is 464 g/mol. The largest absolute Gasteiger partial charge is 0.573 e. The van der Waals surface area contributed by atoms with Gasteiger partial charge in [0.25, 0.3) is 5.91 Å². The van der Waals surface area contributed by atoms with E-state index in [1.54, 1.807) is 5.32 Å². The lowest BCUT2D eigenvalue weighted by Gasteiger charge is -2.15. The summed E-state index contributed by atoms with van der Waals surface area (Å²) in [6, 6.07) is 9.69. The van der Waals surface area contributed by atoms with Gasteiger partial charge in [-0.3, -0.25) is 14.5 Å². The van der Waals surface area contributed by atoms with Crippen molar-refractivity contribution in [3.63, 3.8) is 0 Å². The minimum atomic E-state index is -5.06. The third-order valence-corrected chi connectivity index (χ3v) is 4.20. The van der Waals surface area contributed by atoms with E-state index in [2.05, 4.69) is 10.1 Å². The van der Waals surface area contributed by atoms with Crippen molar-refractivity contribution in [2.75, 3.05) is 10.2 Å². The number of thiocarbonyl (C=S) groups is 1. The third-order valence-electron chi connectivity index (χ3n) is 3.92. The predicted molar refractivity (Wildman–Crippen MR) is 105 cm³/mol. The van der Waals surface area contributed by atoms with Gasteiger partial charge in [0.05, 0.1) is 5.69 Å². The van der Waals surface area contributed by atoms with Gasteiger partial charge in [-0.05, 0) is 60.3 Å². The Labute approximate surface area is 181 Å². The Balaban J connectivity index is 1.79. The van der Waals surface area contributed by atoms with Crippen LogP contribution in [0.2, 0.25) is 0 Å². The van der Waals surface area contributed by atoms with Gasteiger partial charge in [0, 0.05) is 5.69 Å². The molecule has 0 aliphatic carbocycles. The van der Waals surface area contributed by atoms with Crippen molar-refractivity contribution in [2.45, 2.75) is 12.5 Å². The first-order valence-electron chi connectivity index (χ1n) is 8.55. The standard InChI is InChI=1S/C19H11F6N3O3S/c20-18(21,22)16(30)26-11-3-1-2-10(8-11)9-14-15(29)28(17(32)27-14)12-4-6-13(7-5-12)31-19(23,24)25/h1-9H,(H,26,30)(H,27,32)/b14-9+. The minimum absolute atomic E-state index is 0.0371. The van der Waals surface area contributed by atoms with Crippen molar-refractivity contribution in [1.82, 2.24) is 5.32 Å². The van der Waals surface area contributed by atoms with Gasteiger partial charge in [-0.1, -0.05) is 12.1 Å². The fourth-order valence-corrected chi connectivity index (χ4v) is 2.94. The molecule has 3 rings (SSSR count). The number of rotatable bonds is 4. The first-order valence-corrected chi connectivity index (χ1v) is 8.95. The fraction of sp³-hybridized carbons (Fsp3) is 0.105. The maximum Gasteiger partial charge on any atom is 0.573 e. The van der Waals surface area contributed by atoms with Gasteiger partial charge in [-0.15, -0.1) is 13.2 Å². The van der Waals surface area contributed by atoms with E-state index in [4.69, 9.17) is 12.2 Å². The number of ether oxygens (including phenoxy) is 1. The van der Waals surface area contributed by atoms with Crippen molar-refractivity contribution < 1.29 is 40.7 Å². The molecule has 32 heavy (non-hydrogen) atoms. The lowest BCUT2D eigenvalue weighted by atomic mass is 10.1. The van der Waals surface area contributed by atoms with Gasteiger partial charge < -0.3 is 15.4 Å². The van der Waals surface area contributed by atoms with E-state index < -0.39 is 30.1 Å². The molecule has 2 aromatic rings. The smallest absolute Gasteiger partial charge is 0.406 e. The summed E-state index contributed by atoms with van der Waals surface area (Å²) in [4.78, 5) is 24.8. The molecule has 0 unspecified atom stereocenters. The number of carbonyl (C=O) groups excluding carboxylic acids is 2. The Morgan fingerprint density at radius 3 is 2.31 bits per heavy atom. The zero-order valence-corrected chi connectivity index (χ0v) is 16.4. The van der Waals surface area contributed by atoms with Crippen LogP contribution in [0.3, 0.4) is 0 Å². The highest BCUT2D eigenvalue weighted by Crippen LogP contribution is 2.28. The number of anilines is 2. The maximum absolute atomic E-state index is 12.7. The second-order valence-corrected chi connectivity index (χ2v) is 6.63. The average Bonchev–Trinajstić information content (AvgIpc) is 2.94. The quantitative estimate of drug-likeness (QED) is 0.391. The highest BCUT2D eigenvalue weighted by atomic mass is 32.1. The lowest BCUT2D eigenvalue weighted by molar-refractivity contribution is -0.274. The van der Waals surface area contributed by atoms with Crippen molar-refractivity contribution in [2.24, 2.45) is 0 Å². The summed E-state index contributed by atoms with van der Waals surface area (Å²) in [7, 11) is 0. The Kier molecular flexibility index (Phi) is 6.12. The van der Waals surface area contributed by atoms with Crippen LogP contribution in [0.4, 0.5) is 37.7 Å². The van der Waals surface area contributed by atoms with E-state index in [1.165, 1.54) is 42.5 Å². The molecule has 1 aliphatic rings. The fourth-order valence-electron chi connectivity index (χ4n) is 2.64. The van der Waals surface area contributed by atoms with E-state index in [0.29, 0.717) is 0 Å². The Morgan fingerprint density at radius 2 is 1.72 bits per heavy atom. The van der Waals surface area contributed by atoms with Crippen LogP contribution >= 0.6 is 12.2 Å². The number of amides is 2. The number of benzene rings is 2. The van der Waals surface area contributed by atoms with Crippen LogP contribution < -0.4 is 20.3 Å². The summed E-state index contributed by atoms with van der Waals surface area (Å²) < 4.78 is 77.8. The van der Waals surface area contributed by atoms with Crippen LogP contribution in [0.5, 0.6) is 5.75 Å². The van der Waals surface area contributed by atoms with E-state index in [1.807, 2.05) is 0 Å². The molecule has 6 nitrogen and oxygen atoms in total. The van der Waals surface area contributed by atoms with Gasteiger partial charge in [-0.25, -0.2) is 0 Å². The lowest BCUT2D eigenvalue weighted by Crippen LogP contribution is -2.30. The first kappa shape index (κ1) is 23.1. The average molecular weight is 475 g/mol.